The van der Waals surface area contributed by atoms with E-state index in [2.05, 4.69) is 9.71 Å². The van der Waals surface area contributed by atoms with E-state index in [0.717, 1.165) is 6.07 Å². The van der Waals surface area contributed by atoms with Crippen molar-refractivity contribution in [3.8, 4) is 0 Å². The van der Waals surface area contributed by atoms with Crippen molar-refractivity contribution in [1.29, 1.82) is 0 Å². The molecule has 2 rings (SSSR count). The molecule has 0 aliphatic carbocycles. The SMILES string of the molecule is O=C(O)c1cc(S(=O)(=O)Nc2ccc(Cl)cn2)ccc1Cl. The van der Waals surface area contributed by atoms with E-state index in [0.29, 0.717) is 5.02 Å². The fourth-order valence-corrected chi connectivity index (χ4v) is 2.81. The summed E-state index contributed by atoms with van der Waals surface area (Å²) in [6.45, 7) is 0. The number of halogens is 2. The largest absolute Gasteiger partial charge is 0.478 e. The summed E-state index contributed by atoms with van der Waals surface area (Å²) in [5.74, 6) is -1.26. The highest BCUT2D eigenvalue weighted by atomic mass is 35.5. The molecule has 1 aromatic carbocycles. The molecule has 0 radical (unpaired) electrons. The monoisotopic (exact) mass is 346 g/mol. The van der Waals surface area contributed by atoms with Crippen LogP contribution in [0.1, 0.15) is 10.4 Å². The summed E-state index contributed by atoms with van der Waals surface area (Å²) >= 11 is 11.3. The Balaban J connectivity index is 2.38. The van der Waals surface area contributed by atoms with Gasteiger partial charge in [0.25, 0.3) is 10.0 Å². The number of hydrogen-bond donors (Lipinski definition) is 2. The maximum atomic E-state index is 12.2. The Morgan fingerprint density at radius 2 is 1.90 bits per heavy atom. The molecule has 0 saturated carbocycles. The first kappa shape index (κ1) is 15.6. The summed E-state index contributed by atoms with van der Waals surface area (Å²) in [7, 11) is -3.98. The van der Waals surface area contributed by atoms with E-state index in [1.165, 1.54) is 30.5 Å². The summed E-state index contributed by atoms with van der Waals surface area (Å²) in [6.07, 6.45) is 1.28. The van der Waals surface area contributed by atoms with E-state index in [-0.39, 0.29) is 21.3 Å². The van der Waals surface area contributed by atoms with Crippen molar-refractivity contribution < 1.29 is 18.3 Å². The Labute approximate surface area is 130 Å². The Morgan fingerprint density at radius 1 is 1.19 bits per heavy atom. The van der Waals surface area contributed by atoms with Crippen molar-refractivity contribution in [1.82, 2.24) is 4.98 Å². The Hall–Kier alpha value is -1.83. The number of carboxylic acid groups (broad SMARTS) is 1. The second kappa shape index (κ2) is 5.88. The van der Waals surface area contributed by atoms with Gasteiger partial charge < -0.3 is 5.11 Å². The zero-order valence-corrected chi connectivity index (χ0v) is 12.6. The highest BCUT2D eigenvalue weighted by Crippen LogP contribution is 2.22. The lowest BCUT2D eigenvalue weighted by molar-refractivity contribution is 0.0697. The van der Waals surface area contributed by atoms with E-state index in [9.17, 15) is 13.2 Å². The molecule has 6 nitrogen and oxygen atoms in total. The van der Waals surface area contributed by atoms with Gasteiger partial charge in [-0.1, -0.05) is 23.2 Å². The third-order valence-electron chi connectivity index (χ3n) is 2.44. The molecule has 0 amide bonds. The molecule has 21 heavy (non-hydrogen) atoms. The Morgan fingerprint density at radius 3 is 2.48 bits per heavy atom. The fourth-order valence-electron chi connectivity index (χ4n) is 1.47. The Bertz CT molecular complexity index is 791. The first-order valence-electron chi connectivity index (χ1n) is 5.47. The number of carbonyl (C=O) groups is 1. The van der Waals surface area contributed by atoms with Crippen LogP contribution in [0.3, 0.4) is 0 Å². The van der Waals surface area contributed by atoms with Crippen LogP contribution in [0.5, 0.6) is 0 Å². The van der Waals surface area contributed by atoms with Gasteiger partial charge in [0.1, 0.15) is 5.82 Å². The van der Waals surface area contributed by atoms with Crippen molar-refractivity contribution in [2.45, 2.75) is 4.90 Å². The van der Waals surface area contributed by atoms with Crippen LogP contribution < -0.4 is 4.72 Å². The summed E-state index contributed by atoms with van der Waals surface area (Å²) in [5, 5.41) is 9.26. The third-order valence-corrected chi connectivity index (χ3v) is 4.35. The summed E-state index contributed by atoms with van der Waals surface area (Å²) < 4.78 is 26.5. The van der Waals surface area contributed by atoms with Gasteiger partial charge in [0.15, 0.2) is 0 Å². The van der Waals surface area contributed by atoms with Gasteiger partial charge in [0.2, 0.25) is 0 Å². The number of rotatable bonds is 4. The number of aromatic carboxylic acids is 1. The average molecular weight is 347 g/mol. The zero-order valence-electron chi connectivity index (χ0n) is 10.2. The minimum absolute atomic E-state index is 0.0499. The fraction of sp³-hybridized carbons (Fsp3) is 0. The Kier molecular flexibility index (Phi) is 4.36. The van der Waals surface area contributed by atoms with Crippen molar-refractivity contribution in [2.24, 2.45) is 0 Å². The lowest BCUT2D eigenvalue weighted by Crippen LogP contribution is -2.14. The molecule has 0 fully saturated rings. The van der Waals surface area contributed by atoms with Gasteiger partial charge in [-0.3, -0.25) is 4.72 Å². The maximum Gasteiger partial charge on any atom is 0.337 e. The quantitative estimate of drug-likeness (QED) is 0.887. The molecule has 0 bridgehead atoms. The number of anilines is 1. The standard InChI is InChI=1S/C12H8Cl2N2O4S/c13-7-1-4-11(15-6-7)16-21(19,20)8-2-3-10(14)9(5-8)12(17)18/h1-6H,(H,15,16)(H,17,18). The predicted octanol–water partition coefficient (Wildman–Crippen LogP) is 2.89. The number of nitrogens with zero attached hydrogens (tertiary/aromatic N) is 1. The minimum Gasteiger partial charge on any atom is -0.478 e. The highest BCUT2D eigenvalue weighted by molar-refractivity contribution is 7.92. The first-order valence-corrected chi connectivity index (χ1v) is 7.71. The number of carboxylic acids is 1. The lowest BCUT2D eigenvalue weighted by Gasteiger charge is -2.08. The van der Waals surface area contributed by atoms with Crippen LogP contribution in [0.15, 0.2) is 41.4 Å². The van der Waals surface area contributed by atoms with Crippen LogP contribution in [0.2, 0.25) is 10.0 Å². The molecule has 2 N–H and O–H groups in total. The molecule has 9 heteroatoms. The summed E-state index contributed by atoms with van der Waals surface area (Å²) in [4.78, 5) is 14.5. The smallest absolute Gasteiger partial charge is 0.337 e. The number of benzene rings is 1. The second-order valence-electron chi connectivity index (χ2n) is 3.91. The number of pyridine rings is 1. The van der Waals surface area contributed by atoms with Gasteiger partial charge in [-0.15, -0.1) is 0 Å². The van der Waals surface area contributed by atoms with Gasteiger partial charge >= 0.3 is 5.97 Å². The number of sulfonamides is 1. The molecule has 0 saturated heterocycles. The van der Waals surface area contributed by atoms with Gasteiger partial charge in [-0.2, -0.15) is 0 Å². The van der Waals surface area contributed by atoms with Crippen molar-refractivity contribution in [3.63, 3.8) is 0 Å². The van der Waals surface area contributed by atoms with E-state index in [1.54, 1.807) is 0 Å². The van der Waals surface area contributed by atoms with Gasteiger partial charge in [-0.05, 0) is 30.3 Å². The second-order valence-corrected chi connectivity index (χ2v) is 6.44. The molecule has 1 aromatic heterocycles. The van der Waals surface area contributed by atoms with E-state index < -0.39 is 16.0 Å². The molecule has 110 valence electrons. The molecular weight excluding hydrogens is 339 g/mol. The van der Waals surface area contributed by atoms with Crippen LogP contribution >= 0.6 is 23.2 Å². The molecular formula is C12H8Cl2N2O4S. The van der Waals surface area contributed by atoms with Crippen LogP contribution in [-0.4, -0.2) is 24.5 Å². The molecule has 2 aromatic rings. The molecule has 0 aliphatic rings. The van der Waals surface area contributed by atoms with Crippen molar-refractivity contribution in [2.75, 3.05) is 4.72 Å². The molecule has 0 atom stereocenters. The normalized spacial score (nSPS) is 11.1. The molecule has 1 heterocycles. The average Bonchev–Trinajstić information content (AvgIpc) is 2.41. The van der Waals surface area contributed by atoms with Crippen LogP contribution in [0.4, 0.5) is 5.82 Å². The minimum atomic E-state index is -3.98. The van der Waals surface area contributed by atoms with Crippen molar-refractivity contribution in [3.05, 3.63) is 52.1 Å². The topological polar surface area (TPSA) is 96.4 Å². The van der Waals surface area contributed by atoms with E-state index in [1.807, 2.05) is 0 Å². The lowest BCUT2D eigenvalue weighted by atomic mass is 10.2. The van der Waals surface area contributed by atoms with Crippen molar-refractivity contribution >= 4 is 45.0 Å². The number of hydrogen-bond acceptors (Lipinski definition) is 4. The molecule has 0 aliphatic heterocycles. The maximum absolute atomic E-state index is 12.2. The first-order chi connectivity index (χ1) is 9.79. The van der Waals surface area contributed by atoms with Gasteiger partial charge in [0, 0.05) is 6.20 Å². The molecule has 0 spiro atoms. The molecule has 0 unspecified atom stereocenters. The predicted molar refractivity (Wildman–Crippen MR) is 78.5 cm³/mol. The third kappa shape index (κ3) is 3.63. The van der Waals surface area contributed by atoms with Gasteiger partial charge in [0.05, 0.1) is 20.5 Å². The van der Waals surface area contributed by atoms with E-state index in [4.69, 9.17) is 28.3 Å². The van der Waals surface area contributed by atoms with Crippen LogP contribution in [0, 0.1) is 0 Å². The highest BCUT2D eigenvalue weighted by Gasteiger charge is 2.19. The summed E-state index contributed by atoms with van der Waals surface area (Å²) in [6, 6.07) is 6.23. The summed E-state index contributed by atoms with van der Waals surface area (Å²) in [5.41, 5.74) is -0.302. The number of nitrogens with one attached hydrogen (secondary N) is 1. The van der Waals surface area contributed by atoms with E-state index >= 15 is 0 Å². The van der Waals surface area contributed by atoms with Crippen LogP contribution in [-0.2, 0) is 10.0 Å². The zero-order chi connectivity index (χ0) is 15.6. The van der Waals surface area contributed by atoms with Gasteiger partial charge in [-0.25, -0.2) is 18.2 Å². The number of aromatic nitrogens is 1. The van der Waals surface area contributed by atoms with Crippen LogP contribution in [0.25, 0.3) is 0 Å².